The van der Waals surface area contributed by atoms with Gasteiger partial charge in [0, 0.05) is 38.3 Å². The number of hydrogen-bond acceptors (Lipinski definition) is 5. The highest BCUT2D eigenvalue weighted by Crippen LogP contribution is 2.30. The van der Waals surface area contributed by atoms with Crippen molar-refractivity contribution in [2.24, 2.45) is 5.92 Å². The molecule has 0 unspecified atom stereocenters. The zero-order chi connectivity index (χ0) is 22.1. The second kappa shape index (κ2) is 8.67. The Morgan fingerprint density at radius 1 is 1.16 bits per heavy atom. The number of rotatable bonds is 4. The molecular formula is C23H27ClN6O. The molecule has 31 heavy (non-hydrogen) atoms. The van der Waals surface area contributed by atoms with Gasteiger partial charge in [0.2, 0.25) is 0 Å². The Labute approximate surface area is 187 Å². The monoisotopic (exact) mass is 438 g/mol. The lowest BCUT2D eigenvalue weighted by Crippen LogP contribution is -2.30. The number of anilines is 2. The molecule has 8 heteroatoms. The van der Waals surface area contributed by atoms with Gasteiger partial charge in [-0.25, -0.2) is 9.97 Å². The maximum absolute atomic E-state index is 13.2. The Morgan fingerprint density at radius 2 is 1.84 bits per heavy atom. The van der Waals surface area contributed by atoms with Crippen molar-refractivity contribution >= 4 is 46.3 Å². The van der Waals surface area contributed by atoms with Crippen LogP contribution in [0.1, 0.15) is 31.5 Å². The van der Waals surface area contributed by atoms with E-state index in [0.29, 0.717) is 23.4 Å². The summed E-state index contributed by atoms with van der Waals surface area (Å²) in [5.41, 5.74) is 3.16. The Bertz CT molecular complexity index is 1150. The van der Waals surface area contributed by atoms with Crippen molar-refractivity contribution in [1.82, 2.24) is 19.7 Å². The summed E-state index contributed by atoms with van der Waals surface area (Å²) in [6.45, 7) is 8.25. The number of amides is 1. The Balaban J connectivity index is 1.67. The fourth-order valence-electron chi connectivity index (χ4n) is 3.78. The van der Waals surface area contributed by atoms with Gasteiger partial charge in [-0.15, -0.1) is 0 Å². The smallest absolute Gasteiger partial charge is 0.252 e. The minimum Gasteiger partial charge on any atom is -0.357 e. The van der Waals surface area contributed by atoms with E-state index in [1.54, 1.807) is 21.7 Å². The van der Waals surface area contributed by atoms with Gasteiger partial charge >= 0.3 is 0 Å². The van der Waals surface area contributed by atoms with Crippen LogP contribution in [0.3, 0.4) is 0 Å². The van der Waals surface area contributed by atoms with E-state index in [1.807, 2.05) is 38.2 Å². The third-order valence-electron chi connectivity index (χ3n) is 5.33. The van der Waals surface area contributed by atoms with E-state index in [9.17, 15) is 4.79 Å². The number of nitrogens with zero attached hydrogens (tertiary/aromatic N) is 6. The van der Waals surface area contributed by atoms with E-state index in [-0.39, 0.29) is 5.91 Å². The number of halogens is 1. The molecule has 2 aromatic heterocycles. The number of aromatic nitrogens is 4. The molecule has 1 amide bonds. The van der Waals surface area contributed by atoms with E-state index < -0.39 is 0 Å². The quantitative estimate of drug-likeness (QED) is 0.567. The summed E-state index contributed by atoms with van der Waals surface area (Å²) in [7, 11) is 1.98. The summed E-state index contributed by atoms with van der Waals surface area (Å²) in [6.07, 6.45) is 4.14. The molecule has 0 radical (unpaired) electrons. The van der Waals surface area contributed by atoms with E-state index in [1.165, 1.54) is 0 Å². The SMILES string of the molecule is Cc1nn(CC(C)C)c(Cl)c1/C=C/C(=O)N1CCCN(C)c2nc3ccccc3nc21. The molecule has 0 fully saturated rings. The topological polar surface area (TPSA) is 67.2 Å². The van der Waals surface area contributed by atoms with Crippen LogP contribution in [0.5, 0.6) is 0 Å². The Kier molecular flexibility index (Phi) is 5.96. The second-order valence-electron chi connectivity index (χ2n) is 8.32. The highest BCUT2D eigenvalue weighted by molar-refractivity contribution is 6.31. The van der Waals surface area contributed by atoms with Crippen molar-refractivity contribution in [1.29, 1.82) is 0 Å². The first kappa shape index (κ1) is 21.3. The molecule has 4 rings (SSSR count). The number of aryl methyl sites for hydroxylation is 1. The summed E-state index contributed by atoms with van der Waals surface area (Å²) < 4.78 is 1.79. The fraction of sp³-hybridized carbons (Fsp3) is 0.391. The number of hydrogen-bond donors (Lipinski definition) is 0. The molecule has 0 bridgehead atoms. The number of fused-ring (bicyclic) bond motifs is 2. The van der Waals surface area contributed by atoms with Gasteiger partial charge in [0.1, 0.15) is 5.15 Å². The largest absolute Gasteiger partial charge is 0.357 e. The Morgan fingerprint density at radius 3 is 2.52 bits per heavy atom. The van der Waals surface area contributed by atoms with Crippen molar-refractivity contribution in [2.45, 2.75) is 33.7 Å². The molecule has 0 saturated heterocycles. The molecule has 3 aromatic rings. The maximum Gasteiger partial charge on any atom is 0.252 e. The number of carbonyl (C=O) groups is 1. The Hall–Kier alpha value is -2.93. The van der Waals surface area contributed by atoms with Crippen molar-refractivity contribution in [3.8, 4) is 0 Å². The van der Waals surface area contributed by atoms with Crippen molar-refractivity contribution in [3.05, 3.63) is 46.8 Å². The maximum atomic E-state index is 13.2. The zero-order valence-electron chi connectivity index (χ0n) is 18.3. The first-order chi connectivity index (χ1) is 14.8. The van der Waals surface area contributed by atoms with Crippen LogP contribution in [0.2, 0.25) is 5.15 Å². The van der Waals surface area contributed by atoms with Gasteiger partial charge in [-0.1, -0.05) is 37.6 Å². The first-order valence-corrected chi connectivity index (χ1v) is 10.9. The number of para-hydroxylation sites is 2. The standard InChI is InChI=1S/C23H27ClN6O/c1-15(2)14-30-21(24)17(16(3)27-30)10-11-20(31)29-13-7-12-28(4)22-23(29)26-19-9-6-5-8-18(19)25-22/h5-6,8-11,15H,7,12-14H2,1-4H3/b11-10+. The first-order valence-electron chi connectivity index (χ1n) is 10.6. The molecule has 162 valence electrons. The van der Waals surface area contributed by atoms with Crippen LogP contribution in [0.4, 0.5) is 11.6 Å². The van der Waals surface area contributed by atoms with Crippen LogP contribution >= 0.6 is 11.6 Å². The average molecular weight is 439 g/mol. The van der Waals surface area contributed by atoms with Gasteiger partial charge in [0.05, 0.1) is 16.7 Å². The van der Waals surface area contributed by atoms with Crippen molar-refractivity contribution in [2.75, 3.05) is 29.9 Å². The zero-order valence-corrected chi connectivity index (χ0v) is 19.1. The van der Waals surface area contributed by atoms with E-state index in [2.05, 4.69) is 23.8 Å². The van der Waals surface area contributed by atoms with Gasteiger partial charge in [0.15, 0.2) is 11.6 Å². The molecule has 1 aliphatic rings. The van der Waals surface area contributed by atoms with E-state index >= 15 is 0 Å². The van der Waals surface area contributed by atoms with Crippen molar-refractivity contribution in [3.63, 3.8) is 0 Å². The molecule has 0 atom stereocenters. The van der Waals surface area contributed by atoms with Crippen LogP contribution in [0.25, 0.3) is 17.1 Å². The van der Waals surface area contributed by atoms with E-state index in [4.69, 9.17) is 21.6 Å². The molecule has 3 heterocycles. The van der Waals surface area contributed by atoms with Crippen LogP contribution < -0.4 is 9.80 Å². The predicted octanol–water partition coefficient (Wildman–Crippen LogP) is 4.33. The van der Waals surface area contributed by atoms with Gasteiger partial charge < -0.3 is 4.90 Å². The molecule has 1 aliphatic heterocycles. The molecule has 0 spiro atoms. The third-order valence-corrected chi connectivity index (χ3v) is 5.73. The summed E-state index contributed by atoms with van der Waals surface area (Å²) in [5.74, 6) is 1.59. The molecule has 0 N–H and O–H groups in total. The molecule has 7 nitrogen and oxygen atoms in total. The molecule has 0 saturated carbocycles. The van der Waals surface area contributed by atoms with Crippen LogP contribution in [0, 0.1) is 12.8 Å². The second-order valence-corrected chi connectivity index (χ2v) is 8.68. The van der Waals surface area contributed by atoms with Gasteiger partial charge in [-0.3, -0.25) is 14.4 Å². The van der Waals surface area contributed by atoms with Gasteiger partial charge in [0.25, 0.3) is 5.91 Å². The average Bonchev–Trinajstić information content (AvgIpc) is 2.89. The van der Waals surface area contributed by atoms with Gasteiger partial charge in [-0.2, -0.15) is 5.10 Å². The summed E-state index contributed by atoms with van der Waals surface area (Å²) in [6, 6.07) is 7.72. The predicted molar refractivity (Wildman–Crippen MR) is 126 cm³/mol. The highest BCUT2D eigenvalue weighted by atomic mass is 35.5. The summed E-state index contributed by atoms with van der Waals surface area (Å²) in [4.78, 5) is 26.5. The molecular weight excluding hydrogens is 412 g/mol. The summed E-state index contributed by atoms with van der Waals surface area (Å²) in [5, 5.41) is 5.07. The fourth-order valence-corrected chi connectivity index (χ4v) is 4.09. The van der Waals surface area contributed by atoms with Crippen LogP contribution in [0.15, 0.2) is 30.3 Å². The third kappa shape index (κ3) is 4.28. The van der Waals surface area contributed by atoms with Crippen molar-refractivity contribution < 1.29 is 4.79 Å². The molecule has 1 aromatic carbocycles. The lowest BCUT2D eigenvalue weighted by atomic mass is 10.2. The summed E-state index contributed by atoms with van der Waals surface area (Å²) >= 11 is 6.53. The van der Waals surface area contributed by atoms with Crippen LogP contribution in [-0.2, 0) is 11.3 Å². The minimum atomic E-state index is -0.145. The highest BCUT2D eigenvalue weighted by Gasteiger charge is 2.25. The van der Waals surface area contributed by atoms with Gasteiger partial charge in [-0.05, 0) is 37.5 Å². The normalized spacial score (nSPS) is 14.5. The molecule has 0 aliphatic carbocycles. The lowest BCUT2D eigenvalue weighted by molar-refractivity contribution is -0.114. The van der Waals surface area contributed by atoms with Crippen LogP contribution in [-0.4, -0.2) is 45.8 Å². The minimum absolute atomic E-state index is 0.145. The number of carbonyl (C=O) groups excluding carboxylic acids is 1. The van der Waals surface area contributed by atoms with E-state index in [0.717, 1.165) is 47.6 Å². The number of benzene rings is 1. The lowest BCUT2D eigenvalue weighted by Gasteiger charge is -2.21.